The van der Waals surface area contributed by atoms with Gasteiger partial charge < -0.3 is 19.0 Å². The molecule has 0 aliphatic carbocycles. The smallest absolute Gasteiger partial charge is 0.243 e. The molecule has 1 heterocycles. The van der Waals surface area contributed by atoms with Crippen molar-refractivity contribution in [2.24, 2.45) is 5.16 Å². The molecule has 8 nitrogen and oxygen atoms in total. The van der Waals surface area contributed by atoms with Gasteiger partial charge in [0.2, 0.25) is 10.0 Å². The van der Waals surface area contributed by atoms with Crippen LogP contribution in [-0.4, -0.2) is 59.5 Å². The van der Waals surface area contributed by atoms with Crippen molar-refractivity contribution in [1.82, 2.24) is 4.31 Å². The summed E-state index contributed by atoms with van der Waals surface area (Å²) in [4.78, 5) is 5.58. The van der Waals surface area contributed by atoms with E-state index >= 15 is 0 Å². The maximum Gasteiger partial charge on any atom is 0.243 e. The van der Waals surface area contributed by atoms with E-state index in [4.69, 9.17) is 19.0 Å². The van der Waals surface area contributed by atoms with E-state index in [0.29, 0.717) is 43.4 Å². The first-order valence-corrected chi connectivity index (χ1v) is 10.5. The second-order valence-electron chi connectivity index (χ2n) is 6.29. The summed E-state index contributed by atoms with van der Waals surface area (Å²) >= 11 is 0. The summed E-state index contributed by atoms with van der Waals surface area (Å²) in [5.74, 6) is 1.22. The average molecular weight is 420 g/mol. The molecule has 0 atom stereocenters. The van der Waals surface area contributed by atoms with E-state index in [1.165, 1.54) is 4.31 Å². The Morgan fingerprint density at radius 1 is 1.07 bits per heavy atom. The predicted octanol–water partition coefficient (Wildman–Crippen LogP) is 2.28. The summed E-state index contributed by atoms with van der Waals surface area (Å²) in [6.07, 6.45) is 1.55. The molecule has 3 rings (SSSR count). The molecule has 0 unspecified atom stereocenters. The minimum atomic E-state index is -3.54. The van der Waals surface area contributed by atoms with Crippen LogP contribution in [0.3, 0.4) is 0 Å². The van der Waals surface area contributed by atoms with Crippen LogP contribution >= 0.6 is 0 Å². The number of nitrogens with zero attached hydrogens (tertiary/aromatic N) is 2. The van der Waals surface area contributed by atoms with Gasteiger partial charge in [-0.15, -0.1) is 0 Å². The summed E-state index contributed by atoms with van der Waals surface area (Å²) < 4.78 is 42.6. The molecule has 2 aromatic carbocycles. The van der Waals surface area contributed by atoms with E-state index in [1.54, 1.807) is 56.8 Å². The predicted molar refractivity (Wildman–Crippen MR) is 108 cm³/mol. The molecule has 0 spiro atoms. The third-order valence-corrected chi connectivity index (χ3v) is 6.32. The Balaban J connectivity index is 1.63. The number of benzene rings is 2. The van der Waals surface area contributed by atoms with Crippen LogP contribution in [0.15, 0.2) is 52.5 Å². The standard InChI is InChI=1S/C20H24N2O6S/c1-25-19-7-6-16(13-20(19)26-2)14-21-28-15-17-4-3-5-18(12-17)29(23,24)22-8-10-27-11-9-22/h3-7,12-14H,8-11,15H2,1-2H3/b21-14-. The molecule has 1 aliphatic rings. The first-order valence-electron chi connectivity index (χ1n) is 9.09. The third kappa shape index (κ3) is 5.26. The molecule has 0 bridgehead atoms. The maximum atomic E-state index is 12.7. The average Bonchev–Trinajstić information content (AvgIpc) is 2.77. The van der Waals surface area contributed by atoms with Crippen molar-refractivity contribution in [1.29, 1.82) is 0 Å². The maximum absolute atomic E-state index is 12.7. The second-order valence-corrected chi connectivity index (χ2v) is 8.22. The largest absolute Gasteiger partial charge is 0.493 e. The van der Waals surface area contributed by atoms with E-state index in [2.05, 4.69) is 5.16 Å². The minimum Gasteiger partial charge on any atom is -0.493 e. The molecule has 1 aliphatic heterocycles. The first kappa shape index (κ1) is 21.1. The molecule has 0 aromatic heterocycles. The third-order valence-electron chi connectivity index (χ3n) is 4.42. The Labute approximate surface area is 170 Å². The minimum absolute atomic E-state index is 0.149. The molecule has 1 fully saturated rings. The van der Waals surface area contributed by atoms with Crippen molar-refractivity contribution in [3.63, 3.8) is 0 Å². The Morgan fingerprint density at radius 2 is 1.83 bits per heavy atom. The van der Waals surface area contributed by atoms with Gasteiger partial charge in [0.15, 0.2) is 11.5 Å². The van der Waals surface area contributed by atoms with Crippen LogP contribution in [0.25, 0.3) is 0 Å². The van der Waals surface area contributed by atoms with Crippen LogP contribution in [0, 0.1) is 0 Å². The lowest BCUT2D eigenvalue weighted by molar-refractivity contribution is 0.0730. The van der Waals surface area contributed by atoms with E-state index in [0.717, 1.165) is 5.56 Å². The van der Waals surface area contributed by atoms with Gasteiger partial charge in [-0.25, -0.2) is 8.42 Å². The molecular weight excluding hydrogens is 396 g/mol. The summed E-state index contributed by atoms with van der Waals surface area (Å²) in [5, 5.41) is 3.95. The van der Waals surface area contributed by atoms with Crippen molar-refractivity contribution in [3.05, 3.63) is 53.6 Å². The molecule has 2 aromatic rings. The van der Waals surface area contributed by atoms with Gasteiger partial charge in [0, 0.05) is 18.7 Å². The van der Waals surface area contributed by atoms with Crippen molar-refractivity contribution in [3.8, 4) is 11.5 Å². The summed E-state index contributed by atoms with van der Waals surface area (Å²) in [7, 11) is -0.405. The van der Waals surface area contributed by atoms with Crippen LogP contribution in [0.4, 0.5) is 0 Å². The highest BCUT2D eigenvalue weighted by Crippen LogP contribution is 2.27. The summed E-state index contributed by atoms with van der Waals surface area (Å²) in [5.41, 5.74) is 1.50. The van der Waals surface area contributed by atoms with E-state index in [1.807, 2.05) is 6.07 Å². The van der Waals surface area contributed by atoms with Crippen LogP contribution in [0.2, 0.25) is 0 Å². The molecule has 0 amide bonds. The van der Waals surface area contributed by atoms with E-state index in [-0.39, 0.29) is 11.5 Å². The highest BCUT2D eigenvalue weighted by molar-refractivity contribution is 7.89. The number of ether oxygens (including phenoxy) is 3. The second kappa shape index (κ2) is 9.73. The SMILES string of the molecule is COc1ccc(/C=N\OCc2cccc(S(=O)(=O)N3CCOCC3)c2)cc1OC. The van der Waals surface area contributed by atoms with Gasteiger partial charge in [-0.2, -0.15) is 4.31 Å². The van der Waals surface area contributed by atoms with Crippen LogP contribution in [-0.2, 0) is 26.2 Å². The Morgan fingerprint density at radius 3 is 2.55 bits per heavy atom. The quantitative estimate of drug-likeness (QED) is 0.481. The molecule has 156 valence electrons. The Kier molecular flexibility index (Phi) is 7.08. The van der Waals surface area contributed by atoms with Gasteiger partial charge in [-0.3, -0.25) is 0 Å². The number of rotatable bonds is 8. The Hall–Kier alpha value is -2.62. The zero-order chi connectivity index (χ0) is 20.7. The number of oxime groups is 1. The monoisotopic (exact) mass is 420 g/mol. The number of hydrogen-bond acceptors (Lipinski definition) is 7. The normalized spacial score (nSPS) is 15.4. The molecule has 1 saturated heterocycles. The van der Waals surface area contributed by atoms with Crippen molar-refractivity contribution < 1.29 is 27.5 Å². The van der Waals surface area contributed by atoms with Gasteiger partial charge in [0.05, 0.1) is 38.5 Å². The van der Waals surface area contributed by atoms with Gasteiger partial charge >= 0.3 is 0 Å². The number of sulfonamides is 1. The molecule has 9 heteroatoms. The van der Waals surface area contributed by atoms with Crippen molar-refractivity contribution in [2.45, 2.75) is 11.5 Å². The van der Waals surface area contributed by atoms with Crippen molar-refractivity contribution >= 4 is 16.2 Å². The van der Waals surface area contributed by atoms with E-state index < -0.39 is 10.0 Å². The number of morpholine rings is 1. The zero-order valence-electron chi connectivity index (χ0n) is 16.4. The van der Waals surface area contributed by atoms with Gasteiger partial charge in [0.1, 0.15) is 6.61 Å². The summed E-state index contributed by atoms with van der Waals surface area (Å²) in [6, 6.07) is 12.1. The number of methoxy groups -OCH3 is 2. The first-order chi connectivity index (χ1) is 14.0. The fourth-order valence-corrected chi connectivity index (χ4v) is 4.35. The zero-order valence-corrected chi connectivity index (χ0v) is 17.2. The van der Waals surface area contributed by atoms with Crippen LogP contribution < -0.4 is 9.47 Å². The molecular formula is C20H24N2O6S. The highest BCUT2D eigenvalue weighted by atomic mass is 32.2. The summed E-state index contributed by atoms with van der Waals surface area (Å²) in [6.45, 7) is 1.69. The van der Waals surface area contributed by atoms with Crippen LogP contribution in [0.5, 0.6) is 11.5 Å². The topological polar surface area (TPSA) is 86.7 Å². The van der Waals surface area contributed by atoms with Gasteiger partial charge in [0.25, 0.3) is 0 Å². The highest BCUT2D eigenvalue weighted by Gasteiger charge is 2.26. The molecule has 29 heavy (non-hydrogen) atoms. The van der Waals surface area contributed by atoms with Gasteiger partial charge in [-0.1, -0.05) is 17.3 Å². The molecule has 0 saturated carbocycles. The lowest BCUT2D eigenvalue weighted by Crippen LogP contribution is -2.40. The Bertz CT molecular complexity index is 955. The fraction of sp³-hybridized carbons (Fsp3) is 0.350. The van der Waals surface area contributed by atoms with Crippen molar-refractivity contribution in [2.75, 3.05) is 40.5 Å². The lowest BCUT2D eigenvalue weighted by Gasteiger charge is -2.26. The van der Waals surface area contributed by atoms with Crippen LogP contribution in [0.1, 0.15) is 11.1 Å². The molecule has 0 N–H and O–H groups in total. The number of hydrogen-bond donors (Lipinski definition) is 0. The fourth-order valence-electron chi connectivity index (χ4n) is 2.87. The van der Waals surface area contributed by atoms with E-state index in [9.17, 15) is 8.42 Å². The lowest BCUT2D eigenvalue weighted by atomic mass is 10.2. The molecule has 0 radical (unpaired) electrons. The van der Waals surface area contributed by atoms with Gasteiger partial charge in [-0.05, 0) is 35.9 Å².